The van der Waals surface area contributed by atoms with Crippen molar-refractivity contribution in [1.29, 1.82) is 5.26 Å². The highest BCUT2D eigenvalue weighted by Gasteiger charge is 2.35. The molecule has 2 aromatic carbocycles. The monoisotopic (exact) mass is 583 g/mol. The largest absolute Gasteiger partial charge is 0.353 e. The van der Waals surface area contributed by atoms with Crippen LogP contribution in [0.25, 0.3) is 0 Å². The highest BCUT2D eigenvalue weighted by molar-refractivity contribution is 8.03. The number of carbonyl (C=O) groups is 2. The number of rotatable bonds is 7. The summed E-state index contributed by atoms with van der Waals surface area (Å²) in [6, 6.07) is 17.3. The Bertz CT molecular complexity index is 1480. The first-order valence-electron chi connectivity index (χ1n) is 11.2. The zero-order chi connectivity index (χ0) is 27.2. The first kappa shape index (κ1) is 27.6. The van der Waals surface area contributed by atoms with Crippen LogP contribution in [0.5, 0.6) is 0 Å². The van der Waals surface area contributed by atoms with Gasteiger partial charge in [0, 0.05) is 40.1 Å². The van der Waals surface area contributed by atoms with Crippen LogP contribution < -0.4 is 16.0 Å². The minimum Gasteiger partial charge on any atom is -0.353 e. The van der Waals surface area contributed by atoms with Crippen molar-refractivity contribution in [3.05, 3.63) is 109 Å². The molecule has 1 atom stereocenters. The van der Waals surface area contributed by atoms with Gasteiger partial charge in [-0.1, -0.05) is 46.6 Å². The second-order valence-electron chi connectivity index (χ2n) is 8.16. The Hall–Kier alpha value is -3.48. The third-order valence-electron chi connectivity index (χ3n) is 5.58. The smallest absolute Gasteiger partial charge is 0.254 e. The van der Waals surface area contributed by atoms with Gasteiger partial charge in [0.05, 0.1) is 38.4 Å². The van der Waals surface area contributed by atoms with Crippen molar-refractivity contribution >= 4 is 69.8 Å². The van der Waals surface area contributed by atoms with E-state index in [0.717, 1.165) is 5.56 Å². The van der Waals surface area contributed by atoms with Gasteiger partial charge < -0.3 is 16.0 Å². The lowest BCUT2D eigenvalue weighted by molar-refractivity contribution is -0.114. The van der Waals surface area contributed by atoms with Gasteiger partial charge in [0.1, 0.15) is 0 Å². The first-order chi connectivity index (χ1) is 18.3. The van der Waals surface area contributed by atoms with Gasteiger partial charge in [0.2, 0.25) is 5.91 Å². The van der Waals surface area contributed by atoms with Gasteiger partial charge in [-0.25, -0.2) is 0 Å². The standard InChI is InChI=1S/C27H20Cl3N5O2S/c1-15-24(26(37)35-18-4-2-17(28)3-5-18)25(16-8-10-32-11-9-16)20(13-31)27(33-15)38-14-23(36)34-19-6-7-21(29)22(30)12-19/h2-12,25,33H,14H2,1H3,(H,34,36)(H,35,37). The molecule has 0 spiro atoms. The average molecular weight is 585 g/mol. The maximum absolute atomic E-state index is 13.5. The Morgan fingerprint density at radius 2 is 1.68 bits per heavy atom. The van der Waals surface area contributed by atoms with Crippen LogP contribution >= 0.6 is 46.6 Å². The molecule has 0 bridgehead atoms. The summed E-state index contributed by atoms with van der Waals surface area (Å²) >= 11 is 19.1. The van der Waals surface area contributed by atoms with Gasteiger partial charge in [0.25, 0.3) is 5.91 Å². The zero-order valence-electron chi connectivity index (χ0n) is 19.9. The van der Waals surface area contributed by atoms with Crippen molar-refractivity contribution in [2.45, 2.75) is 12.8 Å². The van der Waals surface area contributed by atoms with E-state index < -0.39 is 5.92 Å². The number of nitriles is 1. The molecule has 7 nitrogen and oxygen atoms in total. The van der Waals surface area contributed by atoms with Crippen LogP contribution in [0.1, 0.15) is 18.4 Å². The molecule has 0 fully saturated rings. The summed E-state index contributed by atoms with van der Waals surface area (Å²) in [4.78, 5) is 30.2. The summed E-state index contributed by atoms with van der Waals surface area (Å²) in [5.74, 6) is -1.32. The second kappa shape index (κ2) is 12.4. The molecule has 1 unspecified atom stereocenters. The summed E-state index contributed by atoms with van der Waals surface area (Å²) in [6.45, 7) is 1.76. The molecule has 1 aromatic heterocycles. The number of hydrogen-bond donors (Lipinski definition) is 3. The molecule has 2 amide bonds. The Morgan fingerprint density at radius 3 is 2.34 bits per heavy atom. The topological polar surface area (TPSA) is 107 Å². The predicted molar refractivity (Wildman–Crippen MR) is 153 cm³/mol. The van der Waals surface area contributed by atoms with Crippen LogP contribution in [0.4, 0.5) is 11.4 Å². The number of thioether (sulfide) groups is 1. The number of benzene rings is 2. The number of halogens is 3. The van der Waals surface area contributed by atoms with Crippen LogP contribution in [0, 0.1) is 11.3 Å². The van der Waals surface area contributed by atoms with E-state index in [2.05, 4.69) is 27.0 Å². The van der Waals surface area contributed by atoms with E-state index in [1.165, 1.54) is 11.8 Å². The fourth-order valence-electron chi connectivity index (χ4n) is 3.86. The number of amides is 2. The second-order valence-corrected chi connectivity index (χ2v) is 10.4. The molecular formula is C27H20Cl3N5O2S. The number of allylic oxidation sites excluding steroid dienone is 2. The molecule has 3 aromatic rings. The van der Waals surface area contributed by atoms with Crippen molar-refractivity contribution in [2.24, 2.45) is 0 Å². The quantitative estimate of drug-likeness (QED) is 0.284. The van der Waals surface area contributed by atoms with Gasteiger partial charge in [0.15, 0.2) is 0 Å². The van der Waals surface area contributed by atoms with E-state index in [1.807, 2.05) is 0 Å². The van der Waals surface area contributed by atoms with E-state index in [0.29, 0.717) is 48.3 Å². The molecule has 192 valence electrons. The van der Waals surface area contributed by atoms with E-state index in [4.69, 9.17) is 34.8 Å². The van der Waals surface area contributed by atoms with Gasteiger partial charge in [-0.15, -0.1) is 0 Å². The number of aromatic nitrogens is 1. The van der Waals surface area contributed by atoms with E-state index in [9.17, 15) is 14.9 Å². The molecule has 0 aliphatic carbocycles. The predicted octanol–water partition coefficient (Wildman–Crippen LogP) is 6.75. The minimum absolute atomic E-state index is 0.0103. The molecule has 0 radical (unpaired) electrons. The summed E-state index contributed by atoms with van der Waals surface area (Å²) in [5.41, 5.74) is 3.04. The molecule has 4 rings (SSSR count). The third kappa shape index (κ3) is 6.50. The number of pyridine rings is 1. The SMILES string of the molecule is CC1=C(C(=O)Nc2ccc(Cl)cc2)C(c2ccncc2)C(C#N)=C(SCC(=O)Nc2ccc(Cl)c(Cl)c2)N1. The Morgan fingerprint density at radius 1 is 1.00 bits per heavy atom. The first-order valence-corrected chi connectivity index (χ1v) is 13.4. The highest BCUT2D eigenvalue weighted by Crippen LogP contribution is 2.41. The highest BCUT2D eigenvalue weighted by atomic mass is 35.5. The summed E-state index contributed by atoms with van der Waals surface area (Å²) in [7, 11) is 0. The Balaban J connectivity index is 1.59. The summed E-state index contributed by atoms with van der Waals surface area (Å²) in [5, 5.41) is 20.7. The van der Waals surface area contributed by atoms with Crippen molar-refractivity contribution in [3.8, 4) is 6.07 Å². The van der Waals surface area contributed by atoms with Crippen molar-refractivity contribution in [2.75, 3.05) is 16.4 Å². The van der Waals surface area contributed by atoms with Crippen LogP contribution in [-0.2, 0) is 9.59 Å². The number of nitrogens with one attached hydrogen (secondary N) is 3. The Labute approximate surface area is 238 Å². The van der Waals surface area contributed by atoms with E-state index >= 15 is 0 Å². The average Bonchev–Trinajstić information content (AvgIpc) is 2.90. The maximum atomic E-state index is 13.5. The molecule has 3 N–H and O–H groups in total. The summed E-state index contributed by atoms with van der Waals surface area (Å²) in [6.07, 6.45) is 3.21. The van der Waals surface area contributed by atoms with E-state index in [1.54, 1.807) is 73.9 Å². The molecule has 1 aliphatic rings. The van der Waals surface area contributed by atoms with Crippen LogP contribution in [0.2, 0.25) is 15.1 Å². The fourth-order valence-corrected chi connectivity index (χ4v) is 5.17. The third-order valence-corrected chi connectivity index (χ3v) is 7.59. The number of nitrogens with zero attached hydrogens (tertiary/aromatic N) is 2. The Kier molecular flexibility index (Phi) is 8.97. The lowest BCUT2D eigenvalue weighted by Crippen LogP contribution is -2.31. The fraction of sp³-hybridized carbons (Fsp3) is 0.111. The van der Waals surface area contributed by atoms with Gasteiger partial charge >= 0.3 is 0 Å². The van der Waals surface area contributed by atoms with Gasteiger partial charge in [-0.2, -0.15) is 5.26 Å². The number of hydrogen-bond acceptors (Lipinski definition) is 6. The number of anilines is 2. The minimum atomic E-state index is -0.669. The molecule has 38 heavy (non-hydrogen) atoms. The molecular weight excluding hydrogens is 565 g/mol. The maximum Gasteiger partial charge on any atom is 0.254 e. The van der Waals surface area contributed by atoms with Crippen LogP contribution in [-0.4, -0.2) is 22.6 Å². The molecule has 11 heteroatoms. The number of dihydropyridines is 1. The lowest BCUT2D eigenvalue weighted by Gasteiger charge is -2.29. The molecule has 2 heterocycles. The van der Waals surface area contributed by atoms with Gasteiger partial charge in [-0.3, -0.25) is 14.6 Å². The zero-order valence-corrected chi connectivity index (χ0v) is 23.0. The van der Waals surface area contributed by atoms with Crippen LogP contribution in [0.15, 0.2) is 88.9 Å². The van der Waals surface area contributed by atoms with Crippen molar-refractivity contribution in [1.82, 2.24) is 10.3 Å². The molecule has 0 saturated carbocycles. The van der Waals surface area contributed by atoms with Crippen molar-refractivity contribution < 1.29 is 9.59 Å². The lowest BCUT2D eigenvalue weighted by atomic mass is 9.82. The van der Waals surface area contributed by atoms with Crippen molar-refractivity contribution in [3.63, 3.8) is 0 Å². The molecule has 1 aliphatic heterocycles. The normalized spacial score (nSPS) is 15.0. The number of carbonyl (C=O) groups excluding carboxylic acids is 2. The van der Waals surface area contributed by atoms with Crippen LogP contribution in [0.3, 0.4) is 0 Å². The van der Waals surface area contributed by atoms with E-state index in [-0.39, 0.29) is 17.6 Å². The summed E-state index contributed by atoms with van der Waals surface area (Å²) < 4.78 is 0. The van der Waals surface area contributed by atoms with Gasteiger partial charge in [-0.05, 0) is 67.1 Å². The molecule has 0 saturated heterocycles.